The maximum Gasteiger partial charge on any atom is 0.185 e. The molecule has 0 amide bonds. The molecule has 2 aromatic heterocycles. The van der Waals surface area contributed by atoms with Crippen LogP contribution in [0.15, 0.2) is 12.1 Å². The zero-order chi connectivity index (χ0) is 12.6. The Morgan fingerprint density at radius 2 is 1.59 bits per heavy atom. The average Bonchev–Trinajstić information content (AvgIpc) is 2.70. The van der Waals surface area contributed by atoms with Crippen molar-refractivity contribution in [3.63, 3.8) is 0 Å². The second-order valence-corrected chi connectivity index (χ2v) is 4.72. The van der Waals surface area contributed by atoms with Crippen molar-refractivity contribution < 1.29 is 4.79 Å². The van der Waals surface area contributed by atoms with E-state index in [0.29, 0.717) is 6.42 Å². The third kappa shape index (κ3) is 2.33. The zero-order valence-electron chi connectivity index (χ0n) is 10.8. The Hall–Kier alpha value is -1.77. The lowest BCUT2D eigenvalue weighted by Crippen LogP contribution is -2.07. The number of carbonyl (C=O) groups excluding carboxylic acids is 1. The quantitative estimate of drug-likeness (QED) is 0.782. The fraction of sp³-hybridized carbons (Fsp3) is 0.357. The van der Waals surface area contributed by atoms with Crippen LogP contribution in [-0.2, 0) is 6.42 Å². The number of aromatic amines is 2. The third-order valence-electron chi connectivity index (χ3n) is 3.02. The summed E-state index contributed by atoms with van der Waals surface area (Å²) >= 11 is 0. The first-order valence-electron chi connectivity index (χ1n) is 5.82. The van der Waals surface area contributed by atoms with E-state index in [2.05, 4.69) is 16.0 Å². The minimum Gasteiger partial charge on any atom is -0.362 e. The predicted molar refractivity (Wildman–Crippen MR) is 68.6 cm³/mol. The molecular formula is C14H18N2O. The highest BCUT2D eigenvalue weighted by molar-refractivity contribution is 5.97. The normalized spacial score (nSPS) is 10.8. The van der Waals surface area contributed by atoms with E-state index in [9.17, 15) is 4.79 Å². The lowest BCUT2D eigenvalue weighted by molar-refractivity contribution is 0.0987. The summed E-state index contributed by atoms with van der Waals surface area (Å²) in [6.45, 7) is 7.96. The first-order valence-corrected chi connectivity index (χ1v) is 5.82. The van der Waals surface area contributed by atoms with Crippen molar-refractivity contribution in [2.24, 2.45) is 0 Å². The molecule has 2 heterocycles. The van der Waals surface area contributed by atoms with Crippen LogP contribution >= 0.6 is 0 Å². The molecule has 17 heavy (non-hydrogen) atoms. The molecular weight excluding hydrogens is 212 g/mol. The minimum atomic E-state index is 0.139. The Morgan fingerprint density at radius 1 is 1.00 bits per heavy atom. The minimum absolute atomic E-state index is 0.139. The van der Waals surface area contributed by atoms with Crippen LogP contribution in [0.5, 0.6) is 0 Å². The Balaban J connectivity index is 2.22. The van der Waals surface area contributed by atoms with Gasteiger partial charge in [-0.2, -0.15) is 0 Å². The fourth-order valence-corrected chi connectivity index (χ4v) is 2.24. The van der Waals surface area contributed by atoms with Crippen molar-refractivity contribution in [2.45, 2.75) is 34.1 Å². The maximum absolute atomic E-state index is 12.2. The number of hydrogen-bond acceptors (Lipinski definition) is 1. The van der Waals surface area contributed by atoms with Gasteiger partial charge >= 0.3 is 0 Å². The van der Waals surface area contributed by atoms with Crippen LogP contribution in [0, 0.1) is 27.7 Å². The molecule has 0 saturated carbocycles. The van der Waals surface area contributed by atoms with Gasteiger partial charge < -0.3 is 9.97 Å². The molecule has 0 aliphatic rings. The predicted octanol–water partition coefficient (Wildman–Crippen LogP) is 3.00. The van der Waals surface area contributed by atoms with Gasteiger partial charge in [-0.3, -0.25) is 4.79 Å². The van der Waals surface area contributed by atoms with E-state index in [1.807, 2.05) is 33.8 Å². The van der Waals surface area contributed by atoms with Crippen LogP contribution in [0.1, 0.15) is 38.7 Å². The molecule has 0 aliphatic carbocycles. The number of rotatable bonds is 3. The molecule has 3 heteroatoms. The summed E-state index contributed by atoms with van der Waals surface area (Å²) < 4.78 is 0. The molecule has 0 atom stereocenters. The van der Waals surface area contributed by atoms with Crippen molar-refractivity contribution in [1.29, 1.82) is 0 Å². The summed E-state index contributed by atoms with van der Waals surface area (Å²) in [6.07, 6.45) is 0.431. The number of H-pyrrole nitrogens is 2. The molecule has 0 radical (unpaired) electrons. The van der Waals surface area contributed by atoms with E-state index in [0.717, 1.165) is 33.9 Å². The summed E-state index contributed by atoms with van der Waals surface area (Å²) in [6, 6.07) is 4.06. The van der Waals surface area contributed by atoms with Gasteiger partial charge in [-0.1, -0.05) is 0 Å². The van der Waals surface area contributed by atoms with E-state index < -0.39 is 0 Å². The number of hydrogen-bond donors (Lipinski definition) is 2. The van der Waals surface area contributed by atoms with Gasteiger partial charge in [-0.25, -0.2) is 0 Å². The van der Waals surface area contributed by atoms with Crippen LogP contribution in [0.4, 0.5) is 0 Å². The number of carbonyl (C=O) groups is 1. The number of aryl methyl sites for hydroxylation is 4. The second kappa shape index (κ2) is 4.24. The molecule has 0 aromatic carbocycles. The van der Waals surface area contributed by atoms with Crippen LogP contribution < -0.4 is 0 Å². The summed E-state index contributed by atoms with van der Waals surface area (Å²) in [5, 5.41) is 0. The molecule has 2 rings (SSSR count). The van der Waals surface area contributed by atoms with Gasteiger partial charge in [0.05, 0.1) is 12.1 Å². The highest BCUT2D eigenvalue weighted by Crippen LogP contribution is 2.15. The van der Waals surface area contributed by atoms with Gasteiger partial charge in [0.25, 0.3) is 0 Å². The largest absolute Gasteiger partial charge is 0.362 e. The van der Waals surface area contributed by atoms with E-state index in [4.69, 9.17) is 0 Å². The average molecular weight is 230 g/mol. The highest BCUT2D eigenvalue weighted by Gasteiger charge is 2.14. The highest BCUT2D eigenvalue weighted by atomic mass is 16.1. The molecule has 0 unspecified atom stereocenters. The number of aromatic nitrogens is 2. The van der Waals surface area contributed by atoms with Crippen molar-refractivity contribution >= 4 is 5.78 Å². The van der Waals surface area contributed by atoms with Crippen molar-refractivity contribution in [3.05, 3.63) is 46.0 Å². The molecule has 3 nitrogen and oxygen atoms in total. The number of nitrogens with one attached hydrogen (secondary N) is 2. The Bertz CT molecular complexity index is 561. The zero-order valence-corrected chi connectivity index (χ0v) is 10.8. The standard InChI is InChI=1S/C14H18N2O/c1-8-5-10(3)15-12(8)7-13(17)14-9(2)6-11(4)16-14/h5-6,15-16H,7H2,1-4H3. The molecule has 2 aromatic rings. The smallest absolute Gasteiger partial charge is 0.185 e. The van der Waals surface area contributed by atoms with Crippen LogP contribution in [0.25, 0.3) is 0 Å². The summed E-state index contributed by atoms with van der Waals surface area (Å²) in [5.41, 5.74) is 6.05. The summed E-state index contributed by atoms with van der Waals surface area (Å²) in [7, 11) is 0. The van der Waals surface area contributed by atoms with E-state index >= 15 is 0 Å². The summed E-state index contributed by atoms with van der Waals surface area (Å²) in [5.74, 6) is 0.139. The van der Waals surface area contributed by atoms with Gasteiger partial charge in [0.1, 0.15) is 0 Å². The second-order valence-electron chi connectivity index (χ2n) is 4.72. The fourth-order valence-electron chi connectivity index (χ4n) is 2.24. The molecule has 90 valence electrons. The van der Waals surface area contributed by atoms with E-state index in [1.54, 1.807) is 0 Å². The molecule has 0 aliphatic heterocycles. The Morgan fingerprint density at radius 3 is 2.06 bits per heavy atom. The Kier molecular flexibility index (Phi) is 2.92. The molecule has 0 fully saturated rings. The lowest BCUT2D eigenvalue weighted by atomic mass is 10.1. The van der Waals surface area contributed by atoms with Crippen molar-refractivity contribution in [3.8, 4) is 0 Å². The maximum atomic E-state index is 12.2. The van der Waals surface area contributed by atoms with Crippen molar-refractivity contribution in [1.82, 2.24) is 9.97 Å². The molecule has 0 saturated heterocycles. The topological polar surface area (TPSA) is 48.6 Å². The van der Waals surface area contributed by atoms with Gasteiger partial charge in [0.2, 0.25) is 0 Å². The SMILES string of the molecule is Cc1cc(C)c(CC(=O)c2[nH]c(C)cc2C)[nH]1. The third-order valence-corrected chi connectivity index (χ3v) is 3.02. The van der Waals surface area contributed by atoms with Gasteiger partial charge in [0, 0.05) is 17.1 Å². The van der Waals surface area contributed by atoms with Crippen LogP contribution in [-0.4, -0.2) is 15.8 Å². The van der Waals surface area contributed by atoms with Gasteiger partial charge in [0.15, 0.2) is 5.78 Å². The number of Topliss-reactive ketones (excluding diaryl/α,β-unsaturated/α-hetero) is 1. The molecule has 0 spiro atoms. The summed E-state index contributed by atoms with van der Waals surface area (Å²) in [4.78, 5) is 18.5. The van der Waals surface area contributed by atoms with Crippen LogP contribution in [0.3, 0.4) is 0 Å². The van der Waals surface area contributed by atoms with E-state index in [-0.39, 0.29) is 5.78 Å². The molecule has 0 bridgehead atoms. The van der Waals surface area contributed by atoms with E-state index in [1.165, 1.54) is 0 Å². The monoisotopic (exact) mass is 230 g/mol. The van der Waals surface area contributed by atoms with Gasteiger partial charge in [-0.05, 0) is 51.0 Å². The van der Waals surface area contributed by atoms with Gasteiger partial charge in [-0.15, -0.1) is 0 Å². The Labute approximate surface area is 101 Å². The van der Waals surface area contributed by atoms with Crippen LogP contribution in [0.2, 0.25) is 0 Å². The first kappa shape index (κ1) is 11.7. The molecule has 2 N–H and O–H groups in total. The number of ketones is 1. The first-order chi connectivity index (χ1) is 7.97. The lowest BCUT2D eigenvalue weighted by Gasteiger charge is -2.00. The van der Waals surface area contributed by atoms with Crippen molar-refractivity contribution in [2.75, 3.05) is 0 Å².